The monoisotopic (exact) mass is 243 g/mol. The molecule has 0 radical (unpaired) electrons. The van der Waals surface area contributed by atoms with Crippen LogP contribution < -0.4 is 5.32 Å². The molecule has 0 unspecified atom stereocenters. The minimum absolute atomic E-state index is 0.606. The average Bonchev–Trinajstić information content (AvgIpc) is 3.05. The third-order valence-corrected chi connectivity index (χ3v) is 2.67. The molecule has 3 rings (SSSR count). The highest BCUT2D eigenvalue weighted by molar-refractivity contribution is 5.44. The maximum Gasteiger partial charge on any atom is 0.178 e. The number of furan rings is 1. The van der Waals surface area contributed by atoms with Crippen molar-refractivity contribution in [3.63, 3.8) is 0 Å². The molecule has 1 N–H and O–H groups in total. The maximum absolute atomic E-state index is 5.25. The van der Waals surface area contributed by atoms with Gasteiger partial charge in [-0.3, -0.25) is 0 Å². The number of rotatable bonds is 4. The molecule has 0 fully saturated rings. The Bertz CT molecular complexity index is 644. The van der Waals surface area contributed by atoms with E-state index in [9.17, 15) is 0 Å². The Balaban J connectivity index is 1.83. The van der Waals surface area contributed by atoms with E-state index in [1.807, 2.05) is 31.2 Å². The van der Waals surface area contributed by atoms with Crippen LogP contribution in [0.2, 0.25) is 0 Å². The van der Waals surface area contributed by atoms with Crippen molar-refractivity contribution in [3.8, 4) is 0 Å². The molecule has 92 valence electrons. The Kier molecular flexibility index (Phi) is 2.68. The minimum atomic E-state index is 0.606. The molecule has 0 saturated heterocycles. The van der Waals surface area contributed by atoms with E-state index < -0.39 is 0 Å². The number of nitrogens with one attached hydrogen (secondary N) is 1. The second-order valence-electron chi connectivity index (χ2n) is 3.89. The van der Waals surface area contributed by atoms with Gasteiger partial charge in [-0.15, -0.1) is 15.3 Å². The summed E-state index contributed by atoms with van der Waals surface area (Å²) in [5.74, 6) is 2.50. The molecule has 0 aliphatic heterocycles. The van der Waals surface area contributed by atoms with Gasteiger partial charge in [0.15, 0.2) is 11.5 Å². The van der Waals surface area contributed by atoms with Crippen LogP contribution in [0.3, 0.4) is 0 Å². The number of fused-ring (bicyclic) bond motifs is 1. The molecular formula is C12H13N5O. The molecule has 0 aliphatic carbocycles. The molecule has 0 amide bonds. The van der Waals surface area contributed by atoms with E-state index in [1.54, 1.807) is 10.8 Å². The fourth-order valence-electron chi connectivity index (χ4n) is 1.74. The van der Waals surface area contributed by atoms with Crippen molar-refractivity contribution in [3.05, 3.63) is 42.1 Å². The Labute approximate surface area is 104 Å². The smallest absolute Gasteiger partial charge is 0.178 e. The Morgan fingerprint density at radius 3 is 3.00 bits per heavy atom. The third kappa shape index (κ3) is 1.92. The molecular weight excluding hydrogens is 230 g/mol. The summed E-state index contributed by atoms with van der Waals surface area (Å²) in [5, 5.41) is 15.8. The van der Waals surface area contributed by atoms with Gasteiger partial charge in [-0.25, -0.2) is 0 Å². The Morgan fingerprint density at radius 2 is 2.22 bits per heavy atom. The van der Waals surface area contributed by atoms with Gasteiger partial charge in [0, 0.05) is 6.42 Å². The molecule has 0 atom stereocenters. The standard InChI is InChI=1S/C12H13N5O/c1-2-11-14-15-12-6-5-10(16-17(11)12)13-8-9-4-3-7-18-9/h3-7H,2,8H2,1H3,(H,13,16). The van der Waals surface area contributed by atoms with Crippen LogP contribution in [0.25, 0.3) is 5.65 Å². The highest BCUT2D eigenvalue weighted by atomic mass is 16.3. The molecule has 6 nitrogen and oxygen atoms in total. The summed E-state index contributed by atoms with van der Waals surface area (Å²) in [6.45, 7) is 2.64. The van der Waals surface area contributed by atoms with Crippen LogP contribution in [-0.4, -0.2) is 19.8 Å². The lowest BCUT2D eigenvalue weighted by Crippen LogP contribution is -2.05. The van der Waals surface area contributed by atoms with E-state index >= 15 is 0 Å². The van der Waals surface area contributed by atoms with Gasteiger partial charge in [0.2, 0.25) is 0 Å². The number of hydrogen-bond donors (Lipinski definition) is 1. The lowest BCUT2D eigenvalue weighted by molar-refractivity contribution is 0.517. The topological polar surface area (TPSA) is 68.2 Å². The first-order valence-electron chi connectivity index (χ1n) is 5.84. The van der Waals surface area contributed by atoms with Gasteiger partial charge >= 0.3 is 0 Å². The van der Waals surface area contributed by atoms with Crippen LogP contribution in [-0.2, 0) is 13.0 Å². The molecule has 0 saturated carbocycles. The molecule has 3 aromatic rings. The van der Waals surface area contributed by atoms with Crippen LogP contribution in [0.5, 0.6) is 0 Å². The van der Waals surface area contributed by atoms with Crippen LogP contribution in [0.4, 0.5) is 5.82 Å². The second kappa shape index (κ2) is 4.48. The van der Waals surface area contributed by atoms with Crippen molar-refractivity contribution in [2.75, 3.05) is 5.32 Å². The molecule has 3 heterocycles. The van der Waals surface area contributed by atoms with E-state index in [0.29, 0.717) is 6.54 Å². The van der Waals surface area contributed by atoms with Gasteiger partial charge in [-0.1, -0.05) is 6.92 Å². The summed E-state index contributed by atoms with van der Waals surface area (Å²) in [7, 11) is 0. The molecule has 3 aromatic heterocycles. The van der Waals surface area contributed by atoms with Crippen LogP contribution in [0.1, 0.15) is 18.5 Å². The molecule has 0 aromatic carbocycles. The fourth-order valence-corrected chi connectivity index (χ4v) is 1.74. The first-order chi connectivity index (χ1) is 8.86. The van der Waals surface area contributed by atoms with Crippen molar-refractivity contribution in [2.45, 2.75) is 19.9 Å². The minimum Gasteiger partial charge on any atom is -0.467 e. The largest absolute Gasteiger partial charge is 0.467 e. The van der Waals surface area contributed by atoms with Crippen molar-refractivity contribution < 1.29 is 4.42 Å². The van der Waals surface area contributed by atoms with E-state index in [0.717, 1.165) is 29.5 Å². The van der Waals surface area contributed by atoms with E-state index in [1.165, 1.54) is 0 Å². The first kappa shape index (κ1) is 10.8. The van der Waals surface area contributed by atoms with Crippen molar-refractivity contribution >= 4 is 11.5 Å². The van der Waals surface area contributed by atoms with Gasteiger partial charge in [0.1, 0.15) is 11.6 Å². The lowest BCUT2D eigenvalue weighted by atomic mass is 10.4. The SMILES string of the molecule is CCc1nnc2ccc(NCc3ccco3)nn12. The molecule has 0 spiro atoms. The van der Waals surface area contributed by atoms with Gasteiger partial charge < -0.3 is 9.73 Å². The summed E-state index contributed by atoms with van der Waals surface area (Å²) in [5.41, 5.74) is 0.760. The van der Waals surface area contributed by atoms with E-state index in [-0.39, 0.29) is 0 Å². The highest BCUT2D eigenvalue weighted by Gasteiger charge is 2.05. The number of aromatic nitrogens is 4. The fraction of sp³-hybridized carbons (Fsp3) is 0.250. The maximum atomic E-state index is 5.25. The zero-order valence-corrected chi connectivity index (χ0v) is 10.00. The summed E-state index contributed by atoms with van der Waals surface area (Å²) in [6, 6.07) is 7.56. The summed E-state index contributed by atoms with van der Waals surface area (Å²) in [6.07, 6.45) is 2.46. The van der Waals surface area contributed by atoms with Crippen molar-refractivity contribution in [1.29, 1.82) is 0 Å². The Hall–Kier alpha value is -2.37. The Morgan fingerprint density at radius 1 is 1.28 bits per heavy atom. The van der Waals surface area contributed by atoms with Crippen molar-refractivity contribution in [1.82, 2.24) is 19.8 Å². The van der Waals surface area contributed by atoms with Gasteiger partial charge in [0.05, 0.1) is 12.8 Å². The number of anilines is 1. The quantitative estimate of drug-likeness (QED) is 0.757. The van der Waals surface area contributed by atoms with Gasteiger partial charge in [-0.05, 0) is 24.3 Å². The van der Waals surface area contributed by atoms with Crippen LogP contribution in [0, 0.1) is 0 Å². The molecule has 0 aliphatic rings. The molecule has 0 bridgehead atoms. The number of nitrogens with zero attached hydrogens (tertiary/aromatic N) is 4. The van der Waals surface area contributed by atoms with Gasteiger partial charge in [-0.2, -0.15) is 4.52 Å². The zero-order valence-electron chi connectivity index (χ0n) is 10.00. The van der Waals surface area contributed by atoms with E-state index in [4.69, 9.17) is 4.42 Å². The predicted molar refractivity (Wildman–Crippen MR) is 66.2 cm³/mol. The number of hydrogen-bond acceptors (Lipinski definition) is 5. The van der Waals surface area contributed by atoms with E-state index in [2.05, 4.69) is 20.6 Å². The van der Waals surface area contributed by atoms with Crippen LogP contribution in [0.15, 0.2) is 34.9 Å². The summed E-state index contributed by atoms with van der Waals surface area (Å²) in [4.78, 5) is 0. The number of aryl methyl sites for hydroxylation is 1. The predicted octanol–water partition coefficient (Wildman–Crippen LogP) is 1.89. The highest BCUT2D eigenvalue weighted by Crippen LogP contribution is 2.09. The van der Waals surface area contributed by atoms with Crippen molar-refractivity contribution in [2.24, 2.45) is 0 Å². The second-order valence-corrected chi connectivity index (χ2v) is 3.89. The zero-order chi connectivity index (χ0) is 12.4. The first-order valence-corrected chi connectivity index (χ1v) is 5.84. The lowest BCUT2D eigenvalue weighted by Gasteiger charge is -2.04. The molecule has 6 heteroatoms. The normalized spacial score (nSPS) is 10.9. The summed E-state index contributed by atoms with van der Waals surface area (Å²) >= 11 is 0. The summed E-state index contributed by atoms with van der Waals surface area (Å²) < 4.78 is 7.01. The third-order valence-electron chi connectivity index (χ3n) is 2.67. The molecule has 18 heavy (non-hydrogen) atoms. The average molecular weight is 243 g/mol. The van der Waals surface area contributed by atoms with Crippen LogP contribution >= 0.6 is 0 Å². The van der Waals surface area contributed by atoms with Gasteiger partial charge in [0.25, 0.3) is 0 Å².